The van der Waals surface area contributed by atoms with Crippen molar-refractivity contribution in [2.75, 3.05) is 36.0 Å². The van der Waals surface area contributed by atoms with Crippen LogP contribution in [0.25, 0.3) is 15.9 Å². The van der Waals surface area contributed by atoms with E-state index in [-0.39, 0.29) is 0 Å². The molecular formula is C18H17ClN6S. The lowest BCUT2D eigenvalue weighted by molar-refractivity contribution is 0.776. The predicted octanol–water partition coefficient (Wildman–Crippen LogP) is 3.71. The summed E-state index contributed by atoms with van der Waals surface area (Å²) in [4.78, 5) is 13.7. The van der Waals surface area contributed by atoms with E-state index in [1.807, 2.05) is 28.9 Å². The first-order valence-electron chi connectivity index (χ1n) is 8.63. The van der Waals surface area contributed by atoms with Crippen molar-refractivity contribution >= 4 is 49.8 Å². The molecule has 4 aromatic rings. The minimum absolute atomic E-state index is 0.722. The molecule has 0 saturated carbocycles. The van der Waals surface area contributed by atoms with E-state index in [4.69, 9.17) is 16.6 Å². The number of para-hydroxylation sites is 1. The third-order valence-corrected chi connectivity index (χ3v) is 6.08. The summed E-state index contributed by atoms with van der Waals surface area (Å²) in [5.41, 5.74) is 1.78. The van der Waals surface area contributed by atoms with Crippen LogP contribution in [0.2, 0.25) is 5.02 Å². The van der Waals surface area contributed by atoms with E-state index in [2.05, 4.69) is 32.0 Å². The van der Waals surface area contributed by atoms with Gasteiger partial charge in [0.05, 0.1) is 9.72 Å². The maximum Gasteiger partial charge on any atom is 0.186 e. The minimum Gasteiger partial charge on any atom is -0.353 e. The predicted molar refractivity (Wildman–Crippen MR) is 107 cm³/mol. The SMILES string of the molecule is Clc1cccc2sc(N3CCCN(c4ccc5nccn5n4)CC3)nc12. The van der Waals surface area contributed by atoms with E-state index < -0.39 is 0 Å². The highest BCUT2D eigenvalue weighted by molar-refractivity contribution is 7.22. The quantitative estimate of drug-likeness (QED) is 0.527. The Balaban J connectivity index is 1.38. The molecule has 6 nitrogen and oxygen atoms in total. The molecule has 0 unspecified atom stereocenters. The van der Waals surface area contributed by atoms with E-state index in [1.165, 1.54) is 0 Å². The lowest BCUT2D eigenvalue weighted by Crippen LogP contribution is -2.31. The summed E-state index contributed by atoms with van der Waals surface area (Å²) in [5, 5.41) is 6.45. The zero-order chi connectivity index (χ0) is 17.5. The summed E-state index contributed by atoms with van der Waals surface area (Å²) in [5.74, 6) is 0.990. The molecule has 1 fully saturated rings. The topological polar surface area (TPSA) is 49.6 Å². The summed E-state index contributed by atoms with van der Waals surface area (Å²) in [7, 11) is 0. The van der Waals surface area contributed by atoms with Gasteiger partial charge in [0, 0.05) is 38.6 Å². The number of hydrogen-bond donors (Lipinski definition) is 0. The Morgan fingerprint density at radius 3 is 2.81 bits per heavy atom. The van der Waals surface area contributed by atoms with Gasteiger partial charge in [0.25, 0.3) is 0 Å². The third kappa shape index (κ3) is 2.77. The van der Waals surface area contributed by atoms with Crippen molar-refractivity contribution in [2.45, 2.75) is 6.42 Å². The van der Waals surface area contributed by atoms with Gasteiger partial charge < -0.3 is 9.80 Å². The largest absolute Gasteiger partial charge is 0.353 e. The highest BCUT2D eigenvalue weighted by Gasteiger charge is 2.19. The van der Waals surface area contributed by atoms with Gasteiger partial charge in [-0.2, -0.15) is 0 Å². The molecule has 8 heteroatoms. The average molecular weight is 385 g/mol. The van der Waals surface area contributed by atoms with Crippen molar-refractivity contribution in [3.63, 3.8) is 0 Å². The second kappa shape index (κ2) is 6.41. The Hall–Kier alpha value is -2.38. The molecule has 4 heterocycles. The first-order chi connectivity index (χ1) is 12.8. The van der Waals surface area contributed by atoms with Crippen LogP contribution >= 0.6 is 22.9 Å². The van der Waals surface area contributed by atoms with Gasteiger partial charge in [0.2, 0.25) is 0 Å². The molecule has 26 heavy (non-hydrogen) atoms. The van der Waals surface area contributed by atoms with E-state index in [1.54, 1.807) is 17.5 Å². The number of imidazole rings is 1. The fourth-order valence-corrected chi connectivity index (χ4v) is 4.67. The van der Waals surface area contributed by atoms with Crippen molar-refractivity contribution in [3.05, 3.63) is 47.7 Å². The van der Waals surface area contributed by atoms with Crippen molar-refractivity contribution in [2.24, 2.45) is 0 Å². The maximum atomic E-state index is 6.28. The standard InChI is InChI=1S/C18H17ClN6S/c19-13-3-1-4-14-17(13)21-18(26-14)24-9-2-8-23(11-12-24)16-6-5-15-20-7-10-25(15)22-16/h1,3-7,10H,2,8-9,11-12H2. The summed E-state index contributed by atoms with van der Waals surface area (Å²) in [6, 6.07) is 10.0. The second-order valence-electron chi connectivity index (χ2n) is 6.33. The molecule has 1 aromatic carbocycles. The van der Waals surface area contributed by atoms with E-state index in [9.17, 15) is 0 Å². The second-order valence-corrected chi connectivity index (χ2v) is 7.75. The van der Waals surface area contributed by atoms with Crippen LogP contribution in [0.4, 0.5) is 10.9 Å². The molecule has 0 spiro atoms. The summed E-state index contributed by atoms with van der Waals surface area (Å²) in [6.45, 7) is 3.80. The van der Waals surface area contributed by atoms with Crippen LogP contribution in [-0.2, 0) is 0 Å². The van der Waals surface area contributed by atoms with Gasteiger partial charge in [0.15, 0.2) is 10.8 Å². The molecule has 0 amide bonds. The van der Waals surface area contributed by atoms with E-state index in [0.717, 1.165) is 64.4 Å². The van der Waals surface area contributed by atoms with Gasteiger partial charge in [0.1, 0.15) is 11.3 Å². The number of rotatable bonds is 2. The zero-order valence-electron chi connectivity index (χ0n) is 14.0. The minimum atomic E-state index is 0.722. The number of nitrogens with zero attached hydrogens (tertiary/aromatic N) is 6. The van der Waals surface area contributed by atoms with Crippen molar-refractivity contribution in [3.8, 4) is 0 Å². The molecule has 0 aliphatic carbocycles. The van der Waals surface area contributed by atoms with Crippen molar-refractivity contribution < 1.29 is 0 Å². The van der Waals surface area contributed by atoms with Crippen LogP contribution in [0, 0.1) is 0 Å². The first kappa shape index (κ1) is 15.8. The van der Waals surface area contributed by atoms with Gasteiger partial charge >= 0.3 is 0 Å². The lowest BCUT2D eigenvalue weighted by atomic mass is 10.3. The van der Waals surface area contributed by atoms with Gasteiger partial charge in [-0.25, -0.2) is 14.5 Å². The fraction of sp³-hybridized carbons (Fsp3) is 0.278. The van der Waals surface area contributed by atoms with Crippen LogP contribution in [0.3, 0.4) is 0 Å². The van der Waals surface area contributed by atoms with Gasteiger partial charge in [-0.3, -0.25) is 0 Å². The van der Waals surface area contributed by atoms with Crippen molar-refractivity contribution in [1.29, 1.82) is 0 Å². The Bertz CT molecular complexity index is 1070. The summed E-state index contributed by atoms with van der Waals surface area (Å²) < 4.78 is 2.97. The average Bonchev–Trinajstić information content (AvgIpc) is 3.23. The number of benzene rings is 1. The molecule has 5 rings (SSSR count). The lowest BCUT2D eigenvalue weighted by Gasteiger charge is -2.22. The van der Waals surface area contributed by atoms with Crippen LogP contribution in [0.1, 0.15) is 6.42 Å². The van der Waals surface area contributed by atoms with Crippen LogP contribution in [0.5, 0.6) is 0 Å². The van der Waals surface area contributed by atoms with Crippen LogP contribution in [0.15, 0.2) is 42.7 Å². The Morgan fingerprint density at radius 1 is 1.00 bits per heavy atom. The highest BCUT2D eigenvalue weighted by atomic mass is 35.5. The molecule has 0 N–H and O–H groups in total. The smallest absolute Gasteiger partial charge is 0.186 e. The first-order valence-corrected chi connectivity index (χ1v) is 9.83. The van der Waals surface area contributed by atoms with Crippen molar-refractivity contribution in [1.82, 2.24) is 19.6 Å². The Morgan fingerprint density at radius 2 is 1.88 bits per heavy atom. The summed E-state index contributed by atoms with van der Waals surface area (Å²) in [6.07, 6.45) is 4.72. The normalized spacial score (nSPS) is 15.7. The molecule has 0 atom stereocenters. The van der Waals surface area contributed by atoms with Gasteiger partial charge in [-0.05, 0) is 30.7 Å². The molecule has 1 aliphatic rings. The van der Waals surface area contributed by atoms with Gasteiger partial charge in [-0.1, -0.05) is 29.0 Å². The monoisotopic (exact) mass is 384 g/mol. The third-order valence-electron chi connectivity index (χ3n) is 4.69. The molecule has 1 saturated heterocycles. The number of fused-ring (bicyclic) bond motifs is 2. The molecule has 1 aliphatic heterocycles. The number of aromatic nitrogens is 4. The number of halogens is 1. The van der Waals surface area contributed by atoms with E-state index in [0.29, 0.717) is 0 Å². The molecular weight excluding hydrogens is 368 g/mol. The fourth-order valence-electron chi connectivity index (χ4n) is 3.35. The molecule has 0 radical (unpaired) electrons. The Kier molecular flexibility index (Phi) is 3.90. The zero-order valence-corrected chi connectivity index (χ0v) is 15.6. The number of anilines is 2. The molecule has 0 bridgehead atoms. The summed E-state index contributed by atoms with van der Waals surface area (Å²) >= 11 is 8.00. The van der Waals surface area contributed by atoms with E-state index >= 15 is 0 Å². The Labute approximate surface area is 159 Å². The molecule has 132 valence electrons. The number of thiazole rings is 1. The highest BCUT2D eigenvalue weighted by Crippen LogP contribution is 2.33. The van der Waals surface area contributed by atoms with Crippen LogP contribution < -0.4 is 9.80 Å². The molecule has 3 aromatic heterocycles. The number of hydrogen-bond acceptors (Lipinski definition) is 6. The van der Waals surface area contributed by atoms with Crippen LogP contribution in [-0.4, -0.2) is 45.8 Å². The van der Waals surface area contributed by atoms with Gasteiger partial charge in [-0.15, -0.1) is 5.10 Å². The maximum absolute atomic E-state index is 6.28.